The maximum atomic E-state index is 13.4. The van der Waals surface area contributed by atoms with Crippen molar-refractivity contribution in [2.24, 2.45) is 0 Å². The molecule has 0 bridgehead atoms. The smallest absolute Gasteiger partial charge is 0.160 e. The van der Waals surface area contributed by atoms with Gasteiger partial charge in [0.2, 0.25) is 0 Å². The van der Waals surface area contributed by atoms with Crippen molar-refractivity contribution in [3.8, 4) is 0 Å². The Bertz CT molecular complexity index is 632. The van der Waals surface area contributed by atoms with Gasteiger partial charge in [0.05, 0.1) is 9.85 Å². The molecule has 19 heavy (non-hydrogen) atoms. The molecule has 0 aliphatic carbocycles. The molecule has 0 aliphatic heterocycles. The molecule has 2 aromatic carbocycles. The molecule has 0 amide bonds. The predicted molar refractivity (Wildman–Crippen MR) is 73.2 cm³/mol. The molecule has 0 aliphatic rings. The molecular formula is C13H6BrCl2F3. The zero-order chi connectivity index (χ0) is 14.2. The fraction of sp³-hybridized carbons (Fsp3) is 0.0769. The largest absolute Gasteiger partial charge is 0.206 e. The summed E-state index contributed by atoms with van der Waals surface area (Å²) in [5.41, 5.74) is 0.558. The lowest BCUT2D eigenvalue weighted by Crippen LogP contribution is -1.99. The van der Waals surface area contributed by atoms with Crippen LogP contribution in [0.4, 0.5) is 13.2 Å². The van der Waals surface area contributed by atoms with Crippen molar-refractivity contribution >= 4 is 39.1 Å². The molecular weight excluding hydrogens is 364 g/mol. The molecule has 0 saturated carbocycles. The highest BCUT2D eigenvalue weighted by molar-refractivity contribution is 9.10. The Labute approximate surface area is 126 Å². The lowest BCUT2D eigenvalue weighted by atomic mass is 10.0. The van der Waals surface area contributed by atoms with E-state index in [0.29, 0.717) is 5.56 Å². The lowest BCUT2D eigenvalue weighted by Gasteiger charge is -2.14. The van der Waals surface area contributed by atoms with Crippen molar-refractivity contribution in [3.05, 3.63) is 68.4 Å². The highest BCUT2D eigenvalue weighted by atomic mass is 79.9. The quantitative estimate of drug-likeness (QED) is 0.460. The van der Waals surface area contributed by atoms with E-state index in [1.807, 2.05) is 0 Å². The van der Waals surface area contributed by atoms with Crippen LogP contribution in [0.3, 0.4) is 0 Å². The first-order chi connectivity index (χ1) is 8.91. The summed E-state index contributed by atoms with van der Waals surface area (Å²) < 4.78 is 39.8. The van der Waals surface area contributed by atoms with Crippen molar-refractivity contribution < 1.29 is 13.2 Å². The van der Waals surface area contributed by atoms with Crippen LogP contribution in [-0.4, -0.2) is 0 Å². The van der Waals surface area contributed by atoms with E-state index in [4.69, 9.17) is 23.2 Å². The SMILES string of the molecule is Fc1cc(Cl)c(C(Cl)c2cccc(F)c2Br)cc1F. The molecule has 0 spiro atoms. The van der Waals surface area contributed by atoms with Gasteiger partial charge in [-0.3, -0.25) is 0 Å². The van der Waals surface area contributed by atoms with Gasteiger partial charge in [0.1, 0.15) is 5.82 Å². The van der Waals surface area contributed by atoms with Crippen molar-refractivity contribution in [2.45, 2.75) is 5.38 Å². The third kappa shape index (κ3) is 2.91. The van der Waals surface area contributed by atoms with Gasteiger partial charge in [0.15, 0.2) is 11.6 Å². The number of alkyl halides is 1. The van der Waals surface area contributed by atoms with Crippen molar-refractivity contribution in [1.82, 2.24) is 0 Å². The number of hydrogen-bond donors (Lipinski definition) is 0. The molecule has 0 saturated heterocycles. The van der Waals surface area contributed by atoms with E-state index in [0.717, 1.165) is 12.1 Å². The Morgan fingerprint density at radius 1 is 0.947 bits per heavy atom. The number of rotatable bonds is 2. The molecule has 0 radical (unpaired) electrons. The lowest BCUT2D eigenvalue weighted by molar-refractivity contribution is 0.507. The first kappa shape index (κ1) is 14.7. The van der Waals surface area contributed by atoms with Crippen LogP contribution in [0.5, 0.6) is 0 Å². The van der Waals surface area contributed by atoms with Crippen LogP contribution in [0.1, 0.15) is 16.5 Å². The first-order valence-electron chi connectivity index (χ1n) is 5.14. The second kappa shape index (κ2) is 5.73. The summed E-state index contributed by atoms with van der Waals surface area (Å²) in [5, 5.41) is -0.914. The predicted octanol–water partition coefficient (Wildman–Crippen LogP) is 5.85. The maximum absolute atomic E-state index is 13.4. The molecule has 1 unspecified atom stereocenters. The number of halogens is 6. The third-order valence-electron chi connectivity index (χ3n) is 2.57. The normalized spacial score (nSPS) is 12.5. The minimum atomic E-state index is -1.06. The van der Waals surface area contributed by atoms with Crippen LogP contribution in [0.25, 0.3) is 0 Å². The zero-order valence-corrected chi connectivity index (χ0v) is 12.3. The fourth-order valence-corrected chi connectivity index (χ4v) is 2.92. The monoisotopic (exact) mass is 368 g/mol. The Morgan fingerprint density at radius 2 is 1.58 bits per heavy atom. The Balaban J connectivity index is 2.53. The molecule has 0 N–H and O–H groups in total. The van der Waals surface area contributed by atoms with Crippen LogP contribution in [0.15, 0.2) is 34.8 Å². The van der Waals surface area contributed by atoms with Crippen LogP contribution >= 0.6 is 39.1 Å². The van der Waals surface area contributed by atoms with Gasteiger partial charge >= 0.3 is 0 Å². The van der Waals surface area contributed by atoms with E-state index in [-0.39, 0.29) is 15.1 Å². The van der Waals surface area contributed by atoms with E-state index in [1.165, 1.54) is 12.1 Å². The van der Waals surface area contributed by atoms with Crippen molar-refractivity contribution in [2.75, 3.05) is 0 Å². The summed E-state index contributed by atoms with van der Waals surface area (Å²) in [7, 11) is 0. The Morgan fingerprint density at radius 3 is 2.26 bits per heavy atom. The standard InChI is InChI=1S/C13H6BrCl2F3/c14-12-6(2-1-3-9(12)17)13(16)7-4-10(18)11(19)5-8(7)15/h1-5,13H. The topological polar surface area (TPSA) is 0 Å². The van der Waals surface area contributed by atoms with Gasteiger partial charge < -0.3 is 0 Å². The van der Waals surface area contributed by atoms with Crippen LogP contribution < -0.4 is 0 Å². The molecule has 100 valence electrons. The minimum absolute atomic E-state index is 0.0185. The Kier molecular flexibility index (Phi) is 4.43. The summed E-state index contributed by atoms with van der Waals surface area (Å²) in [6.45, 7) is 0. The zero-order valence-electron chi connectivity index (χ0n) is 9.23. The first-order valence-corrected chi connectivity index (χ1v) is 6.75. The summed E-state index contributed by atoms with van der Waals surface area (Å²) in [6.07, 6.45) is 0. The fourth-order valence-electron chi connectivity index (χ4n) is 1.62. The second-order valence-electron chi connectivity index (χ2n) is 3.79. The average Bonchev–Trinajstić information content (AvgIpc) is 2.36. The third-order valence-corrected chi connectivity index (χ3v) is 4.20. The van der Waals surface area contributed by atoms with E-state index < -0.39 is 22.8 Å². The van der Waals surface area contributed by atoms with E-state index in [1.54, 1.807) is 6.07 Å². The van der Waals surface area contributed by atoms with Gasteiger partial charge in [-0.25, -0.2) is 13.2 Å². The van der Waals surface area contributed by atoms with Gasteiger partial charge in [0, 0.05) is 5.02 Å². The van der Waals surface area contributed by atoms with Crippen molar-refractivity contribution in [3.63, 3.8) is 0 Å². The summed E-state index contributed by atoms with van der Waals surface area (Å²) >= 11 is 15.1. The van der Waals surface area contributed by atoms with E-state index >= 15 is 0 Å². The molecule has 0 aromatic heterocycles. The highest BCUT2D eigenvalue weighted by Gasteiger charge is 2.20. The van der Waals surface area contributed by atoms with Crippen LogP contribution in [0.2, 0.25) is 5.02 Å². The van der Waals surface area contributed by atoms with E-state index in [9.17, 15) is 13.2 Å². The molecule has 0 heterocycles. The van der Waals surface area contributed by atoms with E-state index in [2.05, 4.69) is 15.9 Å². The minimum Gasteiger partial charge on any atom is -0.206 e. The second-order valence-corrected chi connectivity index (χ2v) is 5.43. The molecule has 2 rings (SSSR count). The highest BCUT2D eigenvalue weighted by Crippen LogP contribution is 2.38. The van der Waals surface area contributed by atoms with Crippen molar-refractivity contribution in [1.29, 1.82) is 0 Å². The molecule has 6 heteroatoms. The average molecular weight is 370 g/mol. The summed E-state index contributed by atoms with van der Waals surface area (Å²) in [5.74, 6) is -2.62. The van der Waals surface area contributed by atoms with Gasteiger partial charge in [-0.15, -0.1) is 11.6 Å². The summed E-state index contributed by atoms with van der Waals surface area (Å²) in [6, 6.07) is 6.05. The molecule has 2 aromatic rings. The van der Waals surface area contributed by atoms with Crippen LogP contribution in [0, 0.1) is 17.5 Å². The summed E-state index contributed by atoms with van der Waals surface area (Å²) in [4.78, 5) is 0. The van der Waals surface area contributed by atoms with Gasteiger partial charge in [-0.1, -0.05) is 23.7 Å². The molecule has 0 fully saturated rings. The van der Waals surface area contributed by atoms with Gasteiger partial charge in [-0.05, 0) is 45.3 Å². The number of benzene rings is 2. The van der Waals surface area contributed by atoms with Crippen LogP contribution in [-0.2, 0) is 0 Å². The molecule has 0 nitrogen and oxygen atoms in total. The Hall–Kier alpha value is -0.710. The van der Waals surface area contributed by atoms with Gasteiger partial charge in [0.25, 0.3) is 0 Å². The van der Waals surface area contributed by atoms with Gasteiger partial charge in [-0.2, -0.15) is 0 Å². The maximum Gasteiger partial charge on any atom is 0.160 e. The molecule has 1 atom stereocenters. The number of hydrogen-bond acceptors (Lipinski definition) is 0.